The van der Waals surface area contributed by atoms with Crippen LogP contribution in [-0.2, 0) is 19.4 Å². The monoisotopic (exact) mass is 292 g/mol. The van der Waals surface area contributed by atoms with Crippen molar-refractivity contribution >= 4 is 17.1 Å². The Morgan fingerprint density at radius 3 is 2.80 bits per heavy atom. The highest BCUT2D eigenvalue weighted by Gasteiger charge is 2.16. The molecular formula is C14H20N4OS. The van der Waals surface area contributed by atoms with Crippen LogP contribution in [0, 0.1) is 0 Å². The lowest BCUT2D eigenvalue weighted by molar-refractivity contribution is 0.0986. The second-order valence-corrected chi connectivity index (χ2v) is 5.65. The molecular weight excluding hydrogens is 272 g/mol. The molecule has 0 fully saturated rings. The first-order valence-corrected chi connectivity index (χ1v) is 7.72. The number of aromatic nitrogens is 3. The Morgan fingerprint density at radius 1 is 1.50 bits per heavy atom. The molecule has 2 heterocycles. The number of hydrogen-bond donors (Lipinski definition) is 1. The molecule has 0 radical (unpaired) electrons. The van der Waals surface area contributed by atoms with Crippen LogP contribution in [0.5, 0.6) is 0 Å². The quantitative estimate of drug-likeness (QED) is 0.829. The maximum absolute atomic E-state index is 12.3. The van der Waals surface area contributed by atoms with E-state index in [-0.39, 0.29) is 11.8 Å². The zero-order valence-corrected chi connectivity index (χ0v) is 12.9. The SMILES string of the molecule is CCc1cc(CC(=O)c2csc(C(C)N)n2)n(CC)n1. The van der Waals surface area contributed by atoms with E-state index in [2.05, 4.69) is 17.0 Å². The lowest BCUT2D eigenvalue weighted by atomic mass is 10.1. The van der Waals surface area contributed by atoms with Crippen LogP contribution in [0.15, 0.2) is 11.4 Å². The van der Waals surface area contributed by atoms with E-state index >= 15 is 0 Å². The maximum atomic E-state index is 12.3. The van der Waals surface area contributed by atoms with Crippen molar-refractivity contribution in [1.82, 2.24) is 14.8 Å². The van der Waals surface area contributed by atoms with Gasteiger partial charge in [0.15, 0.2) is 5.78 Å². The topological polar surface area (TPSA) is 73.8 Å². The summed E-state index contributed by atoms with van der Waals surface area (Å²) >= 11 is 1.44. The summed E-state index contributed by atoms with van der Waals surface area (Å²) in [5.41, 5.74) is 8.24. The Hall–Kier alpha value is -1.53. The standard InChI is InChI=1S/C14H20N4OS/c1-4-10-6-11(18(5-2)17-10)7-13(19)12-8-20-14(16-12)9(3)15/h6,8-9H,4-5,7,15H2,1-3H3. The Bertz CT molecular complexity index is 600. The predicted octanol–water partition coefficient (Wildman–Crippen LogP) is 2.37. The molecule has 0 amide bonds. The fraction of sp³-hybridized carbons (Fsp3) is 0.500. The number of ketones is 1. The third-order valence-electron chi connectivity index (χ3n) is 3.11. The number of carbonyl (C=O) groups excluding carboxylic acids is 1. The molecule has 2 aromatic heterocycles. The fourth-order valence-electron chi connectivity index (χ4n) is 1.98. The molecule has 5 nitrogen and oxygen atoms in total. The first kappa shape index (κ1) is 14.9. The molecule has 0 saturated heterocycles. The minimum absolute atomic E-state index is 0.0189. The third kappa shape index (κ3) is 3.13. The van der Waals surface area contributed by atoms with Gasteiger partial charge in [0.1, 0.15) is 10.7 Å². The van der Waals surface area contributed by atoms with Gasteiger partial charge in [0, 0.05) is 17.6 Å². The summed E-state index contributed by atoms with van der Waals surface area (Å²) in [6.07, 6.45) is 1.21. The zero-order chi connectivity index (χ0) is 14.7. The average molecular weight is 292 g/mol. The van der Waals surface area contributed by atoms with Crippen molar-refractivity contribution in [3.05, 3.63) is 33.5 Å². The summed E-state index contributed by atoms with van der Waals surface area (Å²) in [5, 5.41) is 7.04. The molecule has 0 aliphatic heterocycles. The van der Waals surface area contributed by atoms with E-state index in [0.717, 1.165) is 29.4 Å². The lowest BCUT2D eigenvalue weighted by Gasteiger charge is -2.02. The molecule has 0 aromatic carbocycles. The highest BCUT2D eigenvalue weighted by atomic mass is 32.1. The summed E-state index contributed by atoms with van der Waals surface area (Å²) in [5.74, 6) is 0.0189. The van der Waals surface area contributed by atoms with Gasteiger partial charge < -0.3 is 5.73 Å². The predicted molar refractivity (Wildman–Crippen MR) is 80.0 cm³/mol. The van der Waals surface area contributed by atoms with E-state index in [1.54, 1.807) is 5.38 Å². The van der Waals surface area contributed by atoms with Gasteiger partial charge in [-0.2, -0.15) is 5.10 Å². The van der Waals surface area contributed by atoms with E-state index in [4.69, 9.17) is 5.73 Å². The molecule has 2 rings (SSSR count). The Labute approximate surface area is 122 Å². The number of rotatable bonds is 6. The molecule has 108 valence electrons. The number of hydrogen-bond acceptors (Lipinski definition) is 5. The van der Waals surface area contributed by atoms with E-state index < -0.39 is 0 Å². The minimum atomic E-state index is -0.130. The minimum Gasteiger partial charge on any atom is -0.322 e. The number of Topliss-reactive ketones (excluding diaryl/α,β-unsaturated/α-hetero) is 1. The molecule has 6 heteroatoms. The Morgan fingerprint density at radius 2 is 2.25 bits per heavy atom. The van der Waals surface area contributed by atoms with Gasteiger partial charge in [0.25, 0.3) is 0 Å². The first-order chi connectivity index (χ1) is 9.55. The average Bonchev–Trinajstić information content (AvgIpc) is 3.04. The lowest BCUT2D eigenvalue weighted by Crippen LogP contribution is -2.11. The van der Waals surface area contributed by atoms with Crippen LogP contribution >= 0.6 is 11.3 Å². The molecule has 0 spiro atoms. The summed E-state index contributed by atoms with van der Waals surface area (Å²) < 4.78 is 1.88. The van der Waals surface area contributed by atoms with Crippen molar-refractivity contribution in [2.75, 3.05) is 0 Å². The molecule has 2 N–H and O–H groups in total. The molecule has 0 bridgehead atoms. The highest BCUT2D eigenvalue weighted by Crippen LogP contribution is 2.17. The summed E-state index contributed by atoms with van der Waals surface area (Å²) in [7, 11) is 0. The second-order valence-electron chi connectivity index (χ2n) is 4.76. The molecule has 2 aromatic rings. The molecule has 1 unspecified atom stereocenters. The molecule has 1 atom stereocenters. The number of nitrogens with two attached hydrogens (primary N) is 1. The van der Waals surface area contributed by atoms with E-state index in [9.17, 15) is 4.79 Å². The summed E-state index contributed by atoms with van der Waals surface area (Å²) in [4.78, 5) is 16.6. The molecule has 20 heavy (non-hydrogen) atoms. The van der Waals surface area contributed by atoms with Gasteiger partial charge in [0.05, 0.1) is 18.2 Å². The van der Waals surface area contributed by atoms with Crippen LogP contribution in [0.1, 0.15) is 53.7 Å². The maximum Gasteiger partial charge on any atom is 0.187 e. The van der Waals surface area contributed by atoms with Crippen molar-refractivity contribution in [2.24, 2.45) is 5.73 Å². The van der Waals surface area contributed by atoms with Gasteiger partial charge in [-0.3, -0.25) is 9.48 Å². The molecule has 0 aliphatic carbocycles. The van der Waals surface area contributed by atoms with Gasteiger partial charge in [-0.25, -0.2) is 4.98 Å². The van der Waals surface area contributed by atoms with Crippen LogP contribution in [0.4, 0.5) is 0 Å². The van der Waals surface area contributed by atoms with Gasteiger partial charge in [-0.1, -0.05) is 6.92 Å². The van der Waals surface area contributed by atoms with Crippen LogP contribution in [0.3, 0.4) is 0 Å². The van der Waals surface area contributed by atoms with Gasteiger partial charge in [-0.05, 0) is 26.3 Å². The van der Waals surface area contributed by atoms with Gasteiger partial charge in [-0.15, -0.1) is 11.3 Å². The normalized spacial score (nSPS) is 12.6. The summed E-state index contributed by atoms with van der Waals surface area (Å²) in [6, 6.07) is 1.87. The van der Waals surface area contributed by atoms with Crippen molar-refractivity contribution in [1.29, 1.82) is 0 Å². The van der Waals surface area contributed by atoms with Crippen molar-refractivity contribution in [3.63, 3.8) is 0 Å². The molecule has 0 aliphatic rings. The van der Waals surface area contributed by atoms with Crippen molar-refractivity contribution in [2.45, 2.75) is 46.2 Å². The van der Waals surface area contributed by atoms with Gasteiger partial charge >= 0.3 is 0 Å². The second kappa shape index (κ2) is 6.28. The molecule has 0 saturated carbocycles. The Balaban J connectivity index is 2.16. The van der Waals surface area contributed by atoms with E-state index in [1.807, 2.05) is 24.6 Å². The number of nitrogens with zero attached hydrogens (tertiary/aromatic N) is 3. The van der Waals surface area contributed by atoms with Crippen LogP contribution < -0.4 is 5.73 Å². The smallest absolute Gasteiger partial charge is 0.187 e. The van der Waals surface area contributed by atoms with Gasteiger partial charge in [0.2, 0.25) is 0 Å². The highest BCUT2D eigenvalue weighted by molar-refractivity contribution is 7.09. The van der Waals surface area contributed by atoms with Crippen LogP contribution in [-0.4, -0.2) is 20.5 Å². The van der Waals surface area contributed by atoms with E-state index in [0.29, 0.717) is 12.1 Å². The summed E-state index contributed by atoms with van der Waals surface area (Å²) in [6.45, 7) is 6.72. The zero-order valence-electron chi connectivity index (χ0n) is 12.1. The van der Waals surface area contributed by atoms with Crippen molar-refractivity contribution < 1.29 is 4.79 Å². The number of thiazole rings is 1. The van der Waals surface area contributed by atoms with Crippen LogP contribution in [0.25, 0.3) is 0 Å². The Kier molecular flexibility index (Phi) is 4.67. The first-order valence-electron chi connectivity index (χ1n) is 6.84. The van der Waals surface area contributed by atoms with Crippen molar-refractivity contribution in [3.8, 4) is 0 Å². The van der Waals surface area contributed by atoms with E-state index in [1.165, 1.54) is 11.3 Å². The van der Waals surface area contributed by atoms with Crippen LogP contribution in [0.2, 0.25) is 0 Å². The largest absolute Gasteiger partial charge is 0.322 e. The number of carbonyl (C=O) groups is 1. The third-order valence-corrected chi connectivity index (χ3v) is 4.16. The number of aryl methyl sites for hydroxylation is 2. The fourth-order valence-corrected chi connectivity index (χ4v) is 2.77.